The van der Waals surface area contributed by atoms with Gasteiger partial charge in [0.05, 0.1) is 18.7 Å². The number of amides is 1. The Balaban J connectivity index is 1.84. The molecule has 0 bridgehead atoms. The molecule has 2 heterocycles. The fraction of sp³-hybridized carbons (Fsp3) is 0.524. The molecule has 3 N–H and O–H groups in total. The summed E-state index contributed by atoms with van der Waals surface area (Å²) >= 11 is 0. The zero-order chi connectivity index (χ0) is 19.2. The summed E-state index contributed by atoms with van der Waals surface area (Å²) in [5.41, 5.74) is 8.60. The Hall–Kier alpha value is -2.34. The van der Waals surface area contributed by atoms with Crippen LogP contribution in [0, 0.1) is 5.92 Å². The minimum Gasteiger partial charge on any atom is -0.493 e. The van der Waals surface area contributed by atoms with Gasteiger partial charge < -0.3 is 15.4 Å². The maximum absolute atomic E-state index is 12.0. The first-order valence-electron chi connectivity index (χ1n) is 9.82. The van der Waals surface area contributed by atoms with Crippen LogP contribution in [0.3, 0.4) is 0 Å². The summed E-state index contributed by atoms with van der Waals surface area (Å²) in [6, 6.07) is 6.01. The fourth-order valence-corrected chi connectivity index (χ4v) is 3.71. The Morgan fingerprint density at radius 2 is 2.15 bits per heavy atom. The number of aromatic nitrogens is 2. The number of H-pyrrole nitrogens is 1. The van der Waals surface area contributed by atoms with Gasteiger partial charge in [0.1, 0.15) is 5.75 Å². The number of nitrogens with one attached hydrogen (secondary N) is 1. The molecule has 1 atom stereocenters. The molecule has 27 heavy (non-hydrogen) atoms. The quantitative estimate of drug-likeness (QED) is 0.747. The fourth-order valence-electron chi connectivity index (χ4n) is 3.71. The normalized spacial score (nSPS) is 17.0. The lowest BCUT2D eigenvalue weighted by Crippen LogP contribution is -2.32. The number of hydrogen-bond acceptors (Lipinski definition) is 4. The van der Waals surface area contributed by atoms with Crippen LogP contribution in [0.1, 0.15) is 44.1 Å². The molecule has 1 aliphatic heterocycles. The van der Waals surface area contributed by atoms with E-state index >= 15 is 0 Å². The standard InChI is InChI=1S/C21H30N4O2/c1-3-4-19(21(22)26)18-6-5-16(17-12-23-24-13-17)11-20(18)27-14-15-7-9-25(2)10-8-15/h5-6,11-13,15,19H,3-4,7-10,14H2,1-2H3,(H2,22,26)(H,23,24). The summed E-state index contributed by atoms with van der Waals surface area (Å²) < 4.78 is 6.27. The van der Waals surface area contributed by atoms with E-state index in [4.69, 9.17) is 10.5 Å². The number of hydrogen-bond donors (Lipinski definition) is 2. The van der Waals surface area contributed by atoms with Crippen LogP contribution in [-0.4, -0.2) is 47.7 Å². The average Bonchev–Trinajstić information content (AvgIpc) is 3.20. The molecule has 1 fully saturated rings. The first-order valence-corrected chi connectivity index (χ1v) is 9.82. The van der Waals surface area contributed by atoms with Crippen molar-refractivity contribution in [2.45, 2.75) is 38.5 Å². The Morgan fingerprint density at radius 1 is 1.37 bits per heavy atom. The first kappa shape index (κ1) is 19.4. The first-order chi connectivity index (χ1) is 13.1. The zero-order valence-electron chi connectivity index (χ0n) is 16.3. The van der Waals surface area contributed by atoms with Crippen molar-refractivity contribution in [1.82, 2.24) is 15.1 Å². The molecule has 1 saturated heterocycles. The largest absolute Gasteiger partial charge is 0.493 e. The van der Waals surface area contributed by atoms with E-state index in [-0.39, 0.29) is 11.8 Å². The van der Waals surface area contributed by atoms with Crippen LogP contribution >= 0.6 is 0 Å². The smallest absolute Gasteiger partial charge is 0.225 e. The van der Waals surface area contributed by atoms with Gasteiger partial charge in [0.25, 0.3) is 0 Å². The highest BCUT2D eigenvalue weighted by Crippen LogP contribution is 2.34. The van der Waals surface area contributed by atoms with E-state index in [0.717, 1.165) is 61.2 Å². The molecule has 1 aliphatic rings. The lowest BCUT2D eigenvalue weighted by molar-refractivity contribution is -0.119. The minimum absolute atomic E-state index is 0.294. The van der Waals surface area contributed by atoms with E-state index < -0.39 is 0 Å². The highest BCUT2D eigenvalue weighted by atomic mass is 16.5. The maximum atomic E-state index is 12.0. The van der Waals surface area contributed by atoms with Crippen LogP contribution < -0.4 is 10.5 Å². The van der Waals surface area contributed by atoms with Gasteiger partial charge in [0, 0.05) is 17.3 Å². The van der Waals surface area contributed by atoms with E-state index in [9.17, 15) is 4.79 Å². The van der Waals surface area contributed by atoms with Crippen LogP contribution in [0.4, 0.5) is 0 Å². The highest BCUT2D eigenvalue weighted by Gasteiger charge is 2.23. The van der Waals surface area contributed by atoms with Gasteiger partial charge in [-0.15, -0.1) is 0 Å². The second-order valence-electron chi connectivity index (χ2n) is 7.54. The number of piperidine rings is 1. The van der Waals surface area contributed by atoms with Crippen molar-refractivity contribution in [2.24, 2.45) is 11.7 Å². The third-order valence-electron chi connectivity index (χ3n) is 5.45. The topological polar surface area (TPSA) is 84.2 Å². The van der Waals surface area contributed by atoms with Crippen molar-refractivity contribution in [3.8, 4) is 16.9 Å². The summed E-state index contributed by atoms with van der Waals surface area (Å²) in [6.07, 6.45) is 7.54. The maximum Gasteiger partial charge on any atom is 0.225 e. The molecule has 6 nitrogen and oxygen atoms in total. The van der Waals surface area contributed by atoms with Gasteiger partial charge in [-0.3, -0.25) is 9.89 Å². The second-order valence-corrected chi connectivity index (χ2v) is 7.54. The number of rotatable bonds is 8. The van der Waals surface area contributed by atoms with E-state index in [1.807, 2.05) is 24.4 Å². The second kappa shape index (κ2) is 9.04. The van der Waals surface area contributed by atoms with Crippen LogP contribution in [0.5, 0.6) is 5.75 Å². The molecule has 1 aromatic carbocycles. The number of likely N-dealkylation sites (tertiary alicyclic amines) is 1. The van der Waals surface area contributed by atoms with Gasteiger partial charge in [-0.05, 0) is 56.9 Å². The van der Waals surface area contributed by atoms with E-state index in [1.165, 1.54) is 0 Å². The number of benzene rings is 1. The Morgan fingerprint density at radius 3 is 2.78 bits per heavy atom. The summed E-state index contributed by atoms with van der Waals surface area (Å²) in [6.45, 7) is 4.95. The predicted molar refractivity (Wildman–Crippen MR) is 107 cm³/mol. The van der Waals surface area contributed by atoms with Crippen molar-refractivity contribution in [3.63, 3.8) is 0 Å². The molecule has 3 rings (SSSR count). The molecule has 1 aromatic heterocycles. The summed E-state index contributed by atoms with van der Waals surface area (Å²) in [4.78, 5) is 14.4. The molecule has 1 amide bonds. The van der Waals surface area contributed by atoms with Crippen LogP contribution in [0.2, 0.25) is 0 Å². The van der Waals surface area contributed by atoms with Crippen molar-refractivity contribution in [1.29, 1.82) is 0 Å². The predicted octanol–water partition coefficient (Wildman–Crippen LogP) is 3.17. The van der Waals surface area contributed by atoms with Crippen molar-refractivity contribution >= 4 is 5.91 Å². The van der Waals surface area contributed by atoms with Crippen molar-refractivity contribution in [3.05, 3.63) is 36.2 Å². The molecule has 0 saturated carbocycles. The minimum atomic E-state index is -0.319. The zero-order valence-corrected chi connectivity index (χ0v) is 16.3. The van der Waals surface area contributed by atoms with Gasteiger partial charge in [-0.25, -0.2) is 0 Å². The average molecular weight is 370 g/mol. The molecule has 0 radical (unpaired) electrons. The summed E-state index contributed by atoms with van der Waals surface area (Å²) in [5, 5.41) is 6.87. The molecule has 0 aliphatic carbocycles. The number of carbonyl (C=O) groups is 1. The molecule has 2 aromatic rings. The SMILES string of the molecule is CCCC(C(N)=O)c1ccc(-c2cn[nH]c2)cc1OCC1CCN(C)CC1. The summed E-state index contributed by atoms with van der Waals surface area (Å²) in [5.74, 6) is 0.702. The Labute approximate surface area is 161 Å². The number of primary amides is 1. The van der Waals surface area contributed by atoms with Crippen molar-refractivity contribution < 1.29 is 9.53 Å². The monoisotopic (exact) mass is 370 g/mol. The number of carbonyl (C=O) groups excluding carboxylic acids is 1. The molecule has 0 spiro atoms. The van der Waals surface area contributed by atoms with Gasteiger partial charge in [0.2, 0.25) is 5.91 Å². The number of aromatic amines is 1. The van der Waals surface area contributed by atoms with Gasteiger partial charge >= 0.3 is 0 Å². The van der Waals surface area contributed by atoms with Crippen LogP contribution in [0.15, 0.2) is 30.6 Å². The lowest BCUT2D eigenvalue weighted by atomic mass is 9.91. The molecule has 6 heteroatoms. The number of nitrogens with zero attached hydrogens (tertiary/aromatic N) is 2. The van der Waals surface area contributed by atoms with Gasteiger partial charge in [-0.2, -0.15) is 5.10 Å². The van der Waals surface area contributed by atoms with Gasteiger partial charge in [0.15, 0.2) is 0 Å². The number of nitrogens with two attached hydrogens (primary N) is 1. The molecular weight excluding hydrogens is 340 g/mol. The van der Waals surface area contributed by atoms with E-state index in [2.05, 4.69) is 29.1 Å². The van der Waals surface area contributed by atoms with Crippen LogP contribution in [-0.2, 0) is 4.79 Å². The third kappa shape index (κ3) is 4.89. The van der Waals surface area contributed by atoms with E-state index in [1.54, 1.807) is 6.20 Å². The van der Waals surface area contributed by atoms with E-state index in [0.29, 0.717) is 12.5 Å². The number of ether oxygens (including phenoxy) is 1. The van der Waals surface area contributed by atoms with Crippen LogP contribution in [0.25, 0.3) is 11.1 Å². The molecular formula is C21H30N4O2. The third-order valence-corrected chi connectivity index (χ3v) is 5.45. The lowest BCUT2D eigenvalue weighted by Gasteiger charge is -2.29. The Kier molecular flexibility index (Phi) is 6.50. The van der Waals surface area contributed by atoms with Gasteiger partial charge in [-0.1, -0.05) is 25.5 Å². The highest BCUT2D eigenvalue weighted by molar-refractivity contribution is 5.83. The molecule has 146 valence electrons. The summed E-state index contributed by atoms with van der Waals surface area (Å²) in [7, 11) is 2.16. The Bertz CT molecular complexity index is 737. The molecule has 1 unspecified atom stereocenters. The van der Waals surface area contributed by atoms with Crippen molar-refractivity contribution in [2.75, 3.05) is 26.7 Å².